The van der Waals surface area contributed by atoms with Crippen LogP contribution in [0, 0.1) is 0 Å². The van der Waals surface area contributed by atoms with Crippen molar-refractivity contribution in [2.45, 2.75) is 20.3 Å². The van der Waals surface area contributed by atoms with Gasteiger partial charge in [-0.05, 0) is 25.1 Å². The fraction of sp³-hybridized carbons (Fsp3) is 0.438. The van der Waals surface area contributed by atoms with Crippen LogP contribution in [0.25, 0.3) is 0 Å². The van der Waals surface area contributed by atoms with Gasteiger partial charge < -0.3 is 20.3 Å². The number of halogens is 1. The second-order valence-electron chi connectivity index (χ2n) is 4.97. The molecule has 1 aromatic carbocycles. The molecule has 0 aliphatic carbocycles. The largest absolute Gasteiger partial charge is 0.466 e. The van der Waals surface area contributed by atoms with E-state index in [9.17, 15) is 14.4 Å². The van der Waals surface area contributed by atoms with Gasteiger partial charge in [0.2, 0.25) is 5.91 Å². The van der Waals surface area contributed by atoms with E-state index in [4.69, 9.17) is 16.3 Å². The van der Waals surface area contributed by atoms with E-state index >= 15 is 0 Å². The lowest BCUT2D eigenvalue weighted by Crippen LogP contribution is -2.41. The van der Waals surface area contributed by atoms with Crippen molar-refractivity contribution >= 4 is 35.2 Å². The van der Waals surface area contributed by atoms with Gasteiger partial charge in [0.05, 0.1) is 13.0 Å². The van der Waals surface area contributed by atoms with Crippen molar-refractivity contribution in [2.24, 2.45) is 0 Å². The zero-order valence-corrected chi connectivity index (χ0v) is 14.6. The van der Waals surface area contributed by atoms with Crippen LogP contribution in [0.15, 0.2) is 24.3 Å². The second kappa shape index (κ2) is 10.5. The minimum Gasteiger partial charge on any atom is -0.466 e. The maximum atomic E-state index is 12.4. The molecule has 7 nitrogen and oxygen atoms in total. The van der Waals surface area contributed by atoms with E-state index in [2.05, 4.69) is 10.6 Å². The van der Waals surface area contributed by atoms with Crippen LogP contribution in [0.3, 0.4) is 0 Å². The number of esters is 1. The Bertz CT molecular complexity index is 580. The first-order chi connectivity index (χ1) is 11.4. The summed E-state index contributed by atoms with van der Waals surface area (Å²) in [6, 6.07) is 6.37. The Morgan fingerprint density at radius 1 is 1.25 bits per heavy atom. The number of hydrogen-bond acceptors (Lipinski definition) is 4. The van der Waals surface area contributed by atoms with Crippen LogP contribution in [0.5, 0.6) is 0 Å². The summed E-state index contributed by atoms with van der Waals surface area (Å²) in [5.41, 5.74) is 0.549. The quantitative estimate of drug-likeness (QED) is 0.700. The Hall–Kier alpha value is -2.28. The summed E-state index contributed by atoms with van der Waals surface area (Å²) in [6.45, 7) is 4.16. The molecular formula is C16H22ClN3O4. The number of carbonyl (C=O) groups excluding carboxylic acids is 3. The lowest BCUT2D eigenvalue weighted by Gasteiger charge is -2.23. The molecule has 0 saturated heterocycles. The maximum absolute atomic E-state index is 12.4. The Morgan fingerprint density at radius 3 is 2.62 bits per heavy atom. The number of nitrogens with zero attached hydrogens (tertiary/aromatic N) is 1. The van der Waals surface area contributed by atoms with Gasteiger partial charge in [-0.25, -0.2) is 4.79 Å². The van der Waals surface area contributed by atoms with Crippen LogP contribution < -0.4 is 10.6 Å². The number of hydrogen-bond donors (Lipinski definition) is 2. The van der Waals surface area contributed by atoms with Crippen LogP contribution in [-0.4, -0.2) is 49.0 Å². The van der Waals surface area contributed by atoms with Gasteiger partial charge in [0.15, 0.2) is 0 Å². The molecule has 1 rings (SSSR count). The first-order valence-electron chi connectivity index (χ1n) is 7.64. The smallest absolute Gasteiger partial charge is 0.321 e. The van der Waals surface area contributed by atoms with E-state index in [-0.39, 0.29) is 37.4 Å². The van der Waals surface area contributed by atoms with Crippen LogP contribution >= 0.6 is 11.6 Å². The molecule has 132 valence electrons. The molecule has 24 heavy (non-hydrogen) atoms. The number of ether oxygens (including phenoxy) is 1. The van der Waals surface area contributed by atoms with E-state index < -0.39 is 0 Å². The van der Waals surface area contributed by atoms with Crippen molar-refractivity contribution in [3.63, 3.8) is 0 Å². The SMILES string of the molecule is CCOC(=O)CCN(CCNC(C)=O)C(=O)Nc1cccc(Cl)c1. The van der Waals surface area contributed by atoms with E-state index in [1.54, 1.807) is 31.2 Å². The van der Waals surface area contributed by atoms with E-state index in [0.29, 0.717) is 23.9 Å². The van der Waals surface area contributed by atoms with Crippen molar-refractivity contribution in [3.8, 4) is 0 Å². The molecule has 0 bridgehead atoms. The normalized spacial score (nSPS) is 9.96. The van der Waals surface area contributed by atoms with Crippen LogP contribution in [-0.2, 0) is 14.3 Å². The van der Waals surface area contributed by atoms with E-state index in [1.165, 1.54) is 11.8 Å². The molecule has 2 N–H and O–H groups in total. The molecule has 0 saturated carbocycles. The number of rotatable bonds is 8. The third-order valence-electron chi connectivity index (χ3n) is 3.01. The number of nitrogens with one attached hydrogen (secondary N) is 2. The molecule has 0 fully saturated rings. The Morgan fingerprint density at radius 2 is 2.00 bits per heavy atom. The van der Waals surface area contributed by atoms with Crippen molar-refractivity contribution < 1.29 is 19.1 Å². The molecule has 3 amide bonds. The van der Waals surface area contributed by atoms with Crippen LogP contribution in [0.2, 0.25) is 5.02 Å². The van der Waals surface area contributed by atoms with Gasteiger partial charge in [0.1, 0.15) is 0 Å². The number of anilines is 1. The van der Waals surface area contributed by atoms with Crippen molar-refractivity contribution in [1.82, 2.24) is 10.2 Å². The highest BCUT2D eigenvalue weighted by atomic mass is 35.5. The Labute approximate surface area is 146 Å². The molecule has 0 spiro atoms. The Kier molecular flexibility index (Phi) is 8.64. The third-order valence-corrected chi connectivity index (χ3v) is 3.25. The average Bonchev–Trinajstić information content (AvgIpc) is 2.50. The topological polar surface area (TPSA) is 87.7 Å². The van der Waals surface area contributed by atoms with Crippen LogP contribution in [0.1, 0.15) is 20.3 Å². The van der Waals surface area contributed by atoms with Gasteiger partial charge in [0.25, 0.3) is 0 Å². The predicted molar refractivity (Wildman–Crippen MR) is 92.0 cm³/mol. The summed E-state index contributed by atoms with van der Waals surface area (Å²) >= 11 is 5.89. The molecule has 0 aliphatic heterocycles. The summed E-state index contributed by atoms with van der Waals surface area (Å²) < 4.78 is 4.86. The van der Waals surface area contributed by atoms with E-state index in [0.717, 1.165) is 0 Å². The summed E-state index contributed by atoms with van der Waals surface area (Å²) in [4.78, 5) is 36.3. The van der Waals surface area contributed by atoms with Gasteiger partial charge in [-0.2, -0.15) is 0 Å². The van der Waals surface area contributed by atoms with Crippen molar-refractivity contribution in [1.29, 1.82) is 0 Å². The number of benzene rings is 1. The fourth-order valence-corrected chi connectivity index (χ4v) is 2.10. The molecule has 8 heteroatoms. The van der Waals surface area contributed by atoms with Crippen molar-refractivity contribution in [3.05, 3.63) is 29.3 Å². The zero-order chi connectivity index (χ0) is 17.9. The van der Waals surface area contributed by atoms with Gasteiger partial charge in [-0.3, -0.25) is 9.59 Å². The summed E-state index contributed by atoms with van der Waals surface area (Å²) in [5.74, 6) is -0.562. The number of amides is 3. The lowest BCUT2D eigenvalue weighted by atomic mass is 10.3. The first kappa shape index (κ1) is 19.8. The van der Waals surface area contributed by atoms with Crippen molar-refractivity contribution in [2.75, 3.05) is 31.6 Å². The zero-order valence-electron chi connectivity index (χ0n) is 13.8. The first-order valence-corrected chi connectivity index (χ1v) is 8.01. The summed E-state index contributed by atoms with van der Waals surface area (Å²) in [7, 11) is 0. The molecule has 0 aliphatic rings. The third kappa shape index (κ3) is 7.82. The second-order valence-corrected chi connectivity index (χ2v) is 5.40. The summed E-state index contributed by atoms with van der Waals surface area (Å²) in [5, 5.41) is 5.84. The number of carbonyl (C=O) groups is 3. The van der Waals surface area contributed by atoms with Gasteiger partial charge >= 0.3 is 12.0 Å². The van der Waals surface area contributed by atoms with Gasteiger partial charge in [-0.1, -0.05) is 17.7 Å². The highest BCUT2D eigenvalue weighted by molar-refractivity contribution is 6.30. The molecule has 0 atom stereocenters. The minimum atomic E-state index is -0.382. The molecule has 0 unspecified atom stereocenters. The van der Waals surface area contributed by atoms with E-state index in [1.807, 2.05) is 0 Å². The predicted octanol–water partition coefficient (Wildman–Crippen LogP) is 2.26. The lowest BCUT2D eigenvalue weighted by molar-refractivity contribution is -0.143. The monoisotopic (exact) mass is 355 g/mol. The molecule has 0 aromatic heterocycles. The Balaban J connectivity index is 2.64. The molecular weight excluding hydrogens is 334 g/mol. The minimum absolute atomic E-state index is 0.0802. The summed E-state index contributed by atoms with van der Waals surface area (Å²) in [6.07, 6.45) is 0.0802. The highest BCUT2D eigenvalue weighted by Gasteiger charge is 2.16. The maximum Gasteiger partial charge on any atom is 0.321 e. The molecule has 0 heterocycles. The van der Waals surface area contributed by atoms with Gasteiger partial charge in [0, 0.05) is 37.3 Å². The highest BCUT2D eigenvalue weighted by Crippen LogP contribution is 2.15. The standard InChI is InChI=1S/C16H22ClN3O4/c1-3-24-15(22)7-9-20(10-8-18-12(2)21)16(23)19-14-6-4-5-13(17)11-14/h4-6,11H,3,7-10H2,1-2H3,(H,18,21)(H,19,23). The number of urea groups is 1. The molecule has 0 radical (unpaired) electrons. The van der Waals surface area contributed by atoms with Crippen LogP contribution in [0.4, 0.5) is 10.5 Å². The van der Waals surface area contributed by atoms with Gasteiger partial charge in [-0.15, -0.1) is 0 Å². The fourth-order valence-electron chi connectivity index (χ4n) is 1.91. The average molecular weight is 356 g/mol. The molecule has 1 aromatic rings.